The number of rotatable bonds is 1. The fourth-order valence-corrected chi connectivity index (χ4v) is 0.602. The molecule has 0 unspecified atom stereocenters. The summed E-state index contributed by atoms with van der Waals surface area (Å²) < 4.78 is 24.6. The molecule has 1 aromatic carbocycles. The minimum absolute atomic E-state index is 0.186. The molecule has 1 rings (SSSR count). The van der Waals surface area contributed by atoms with Crippen molar-refractivity contribution in [3.63, 3.8) is 0 Å². The molecule has 1 aromatic rings. The first-order chi connectivity index (χ1) is 5.24. The van der Waals surface area contributed by atoms with Crippen LogP contribution in [0.25, 0.3) is 0 Å². The summed E-state index contributed by atoms with van der Waals surface area (Å²) in [5, 5.41) is 10.6. The Bertz CT molecular complexity index is 286. The molecule has 57 valence electrons. The Kier molecular flexibility index (Phi) is 2.15. The van der Waals surface area contributed by atoms with Gasteiger partial charge in [0.25, 0.3) is 0 Å². The molecule has 4 heteroatoms. The van der Waals surface area contributed by atoms with Crippen LogP contribution in [-0.4, -0.2) is 11.4 Å². The zero-order valence-corrected chi connectivity index (χ0v) is 5.38. The molecule has 0 aromatic heterocycles. The lowest BCUT2D eigenvalue weighted by Crippen LogP contribution is -1.88. The zero-order valence-electron chi connectivity index (χ0n) is 5.38. The maximum Gasteiger partial charge on any atom is 0.167 e. The minimum Gasteiger partial charge on any atom is -0.411 e. The molecule has 1 N–H and O–H groups in total. The van der Waals surface area contributed by atoms with Crippen molar-refractivity contribution in [2.45, 2.75) is 0 Å². The normalized spacial score (nSPS) is 10.7. The highest BCUT2D eigenvalue weighted by Crippen LogP contribution is 2.05. The van der Waals surface area contributed by atoms with E-state index in [2.05, 4.69) is 5.16 Å². The molecule has 1 radical (unpaired) electrons. The van der Waals surface area contributed by atoms with Crippen molar-refractivity contribution in [3.8, 4) is 0 Å². The van der Waals surface area contributed by atoms with E-state index >= 15 is 0 Å². The molecule has 0 saturated carbocycles. The van der Waals surface area contributed by atoms with Crippen LogP contribution in [0.5, 0.6) is 0 Å². The largest absolute Gasteiger partial charge is 0.411 e. The van der Waals surface area contributed by atoms with Crippen LogP contribution in [0.2, 0.25) is 0 Å². The molecule has 0 aliphatic heterocycles. The summed E-state index contributed by atoms with van der Waals surface area (Å²) in [5.41, 5.74) is 0.186. The second kappa shape index (κ2) is 3.09. The number of hydrogen-bond donors (Lipinski definition) is 1. The van der Waals surface area contributed by atoms with Crippen LogP contribution in [0, 0.1) is 17.7 Å². The Morgan fingerprint density at radius 2 is 2.18 bits per heavy atom. The summed E-state index contributed by atoms with van der Waals surface area (Å²) in [6.45, 7) is 0. The van der Waals surface area contributed by atoms with E-state index in [1.54, 1.807) is 0 Å². The van der Waals surface area contributed by atoms with Gasteiger partial charge in [0.2, 0.25) is 0 Å². The molecular formula is C7H4F2NO. The average Bonchev–Trinajstić information content (AvgIpc) is 1.98. The van der Waals surface area contributed by atoms with Gasteiger partial charge in [0.1, 0.15) is 0 Å². The Hall–Kier alpha value is -1.45. The lowest BCUT2D eigenvalue weighted by molar-refractivity contribution is 0.322. The molecule has 0 saturated heterocycles. The van der Waals surface area contributed by atoms with Gasteiger partial charge >= 0.3 is 0 Å². The van der Waals surface area contributed by atoms with Crippen molar-refractivity contribution < 1.29 is 14.0 Å². The van der Waals surface area contributed by atoms with Crippen molar-refractivity contribution in [1.82, 2.24) is 0 Å². The highest BCUT2D eigenvalue weighted by Gasteiger charge is 2.00. The van der Waals surface area contributed by atoms with Gasteiger partial charge in [-0.15, -0.1) is 0 Å². The number of nitrogens with zero attached hydrogens (tertiary/aromatic N) is 1. The van der Waals surface area contributed by atoms with Crippen LogP contribution in [0.1, 0.15) is 5.56 Å². The molecule has 0 spiro atoms. The fraction of sp³-hybridized carbons (Fsp3) is 0. The number of oxime groups is 1. The van der Waals surface area contributed by atoms with E-state index in [0.29, 0.717) is 0 Å². The average molecular weight is 156 g/mol. The van der Waals surface area contributed by atoms with Crippen LogP contribution in [0.3, 0.4) is 0 Å². The second-order valence-electron chi connectivity index (χ2n) is 1.82. The SMILES string of the molecule is ON=Cc1[c]c(F)c(F)cc1. The van der Waals surface area contributed by atoms with E-state index in [0.717, 1.165) is 12.3 Å². The van der Waals surface area contributed by atoms with Crippen molar-refractivity contribution in [2.75, 3.05) is 0 Å². The van der Waals surface area contributed by atoms with Crippen molar-refractivity contribution in [3.05, 3.63) is 35.4 Å². The van der Waals surface area contributed by atoms with E-state index in [1.165, 1.54) is 6.07 Å². The molecule has 2 nitrogen and oxygen atoms in total. The molecule has 0 heterocycles. The maximum absolute atomic E-state index is 12.3. The van der Waals surface area contributed by atoms with Gasteiger partial charge in [-0.3, -0.25) is 0 Å². The van der Waals surface area contributed by atoms with Crippen LogP contribution in [-0.2, 0) is 0 Å². The summed E-state index contributed by atoms with van der Waals surface area (Å²) in [6, 6.07) is 4.21. The molecule has 0 aliphatic carbocycles. The van der Waals surface area contributed by atoms with E-state index in [-0.39, 0.29) is 5.56 Å². The first kappa shape index (κ1) is 7.65. The van der Waals surface area contributed by atoms with Gasteiger partial charge in [-0.2, -0.15) is 0 Å². The third kappa shape index (κ3) is 1.73. The lowest BCUT2D eigenvalue weighted by atomic mass is 10.2. The van der Waals surface area contributed by atoms with Gasteiger partial charge in [-0.05, 0) is 12.1 Å². The van der Waals surface area contributed by atoms with Gasteiger partial charge in [-0.25, -0.2) is 8.78 Å². The maximum atomic E-state index is 12.3. The van der Waals surface area contributed by atoms with Crippen molar-refractivity contribution in [1.29, 1.82) is 0 Å². The molecule has 0 bridgehead atoms. The Morgan fingerprint density at radius 1 is 1.45 bits per heavy atom. The standard InChI is InChI=1S/C7H4F2NO/c8-6-2-1-5(4-10-11)3-7(6)9/h1-2,4,11H. The molecule has 0 fully saturated rings. The highest BCUT2D eigenvalue weighted by molar-refractivity contribution is 5.78. The van der Waals surface area contributed by atoms with E-state index in [9.17, 15) is 8.78 Å². The Morgan fingerprint density at radius 3 is 2.73 bits per heavy atom. The van der Waals surface area contributed by atoms with E-state index < -0.39 is 11.6 Å². The number of hydrogen-bond acceptors (Lipinski definition) is 2. The lowest BCUT2D eigenvalue weighted by Gasteiger charge is -1.91. The quantitative estimate of drug-likeness (QED) is 0.373. The first-order valence-corrected chi connectivity index (χ1v) is 2.79. The smallest absolute Gasteiger partial charge is 0.167 e. The van der Waals surface area contributed by atoms with Gasteiger partial charge < -0.3 is 5.21 Å². The summed E-state index contributed by atoms with van der Waals surface area (Å²) in [5.74, 6) is -2.05. The van der Waals surface area contributed by atoms with Crippen LogP contribution >= 0.6 is 0 Å². The summed E-state index contributed by atoms with van der Waals surface area (Å²) >= 11 is 0. The monoisotopic (exact) mass is 156 g/mol. The fourth-order valence-electron chi connectivity index (χ4n) is 0.602. The van der Waals surface area contributed by atoms with Crippen LogP contribution in [0.15, 0.2) is 17.3 Å². The van der Waals surface area contributed by atoms with Crippen LogP contribution in [0.4, 0.5) is 8.78 Å². The number of benzene rings is 1. The van der Waals surface area contributed by atoms with Gasteiger partial charge in [0.05, 0.1) is 6.21 Å². The second-order valence-corrected chi connectivity index (χ2v) is 1.82. The predicted molar refractivity (Wildman–Crippen MR) is 34.6 cm³/mol. The molecule has 0 atom stereocenters. The summed E-state index contributed by atoms with van der Waals surface area (Å²) in [7, 11) is 0. The van der Waals surface area contributed by atoms with E-state index in [1.807, 2.05) is 6.07 Å². The van der Waals surface area contributed by atoms with Gasteiger partial charge in [0.15, 0.2) is 11.6 Å². The van der Waals surface area contributed by atoms with Crippen LogP contribution < -0.4 is 0 Å². The third-order valence-electron chi connectivity index (χ3n) is 1.07. The zero-order chi connectivity index (χ0) is 8.27. The predicted octanol–water partition coefficient (Wildman–Crippen LogP) is 1.57. The molecular weight excluding hydrogens is 152 g/mol. The highest BCUT2D eigenvalue weighted by atomic mass is 19.2. The Labute approximate surface area is 61.8 Å². The first-order valence-electron chi connectivity index (χ1n) is 2.79. The van der Waals surface area contributed by atoms with E-state index in [4.69, 9.17) is 5.21 Å². The van der Waals surface area contributed by atoms with Gasteiger partial charge in [-0.1, -0.05) is 5.16 Å². The Balaban J connectivity index is 3.05. The molecule has 0 aliphatic rings. The summed E-state index contributed by atoms with van der Waals surface area (Å²) in [6.07, 6.45) is 0.961. The summed E-state index contributed by atoms with van der Waals surface area (Å²) in [4.78, 5) is 0. The third-order valence-corrected chi connectivity index (χ3v) is 1.07. The molecule has 11 heavy (non-hydrogen) atoms. The van der Waals surface area contributed by atoms with Crippen molar-refractivity contribution >= 4 is 6.21 Å². The number of halogens is 2. The minimum atomic E-state index is -1.08. The molecule has 0 amide bonds. The topological polar surface area (TPSA) is 32.6 Å². The van der Waals surface area contributed by atoms with Crippen molar-refractivity contribution in [2.24, 2.45) is 5.16 Å². The van der Waals surface area contributed by atoms with Gasteiger partial charge in [0, 0.05) is 11.6 Å².